The van der Waals surface area contributed by atoms with E-state index in [-0.39, 0.29) is 10.8 Å². The van der Waals surface area contributed by atoms with Crippen molar-refractivity contribution in [1.29, 1.82) is 0 Å². The van der Waals surface area contributed by atoms with Crippen molar-refractivity contribution in [2.45, 2.75) is 79.6 Å². The molecule has 0 heteroatoms. The fourth-order valence-electron chi connectivity index (χ4n) is 5.30. The number of allylic oxidation sites excluding steroid dienone is 4. The minimum atomic E-state index is 0.155. The smallest absolute Gasteiger partial charge is 0.0132 e. The molecule has 35 heavy (non-hydrogen) atoms. The van der Waals surface area contributed by atoms with Crippen LogP contribution in [-0.2, 0) is 11.8 Å². The monoisotopic (exact) mass is 462 g/mol. The first kappa shape index (κ1) is 25.2. The van der Waals surface area contributed by atoms with Gasteiger partial charge in [-0.1, -0.05) is 139 Å². The summed E-state index contributed by atoms with van der Waals surface area (Å²) in [6.07, 6.45) is 7.06. The number of hydrogen-bond acceptors (Lipinski definition) is 0. The predicted octanol–water partition coefficient (Wildman–Crippen LogP) is 10.3. The van der Waals surface area contributed by atoms with E-state index >= 15 is 0 Å². The summed E-state index contributed by atoms with van der Waals surface area (Å²) in [6, 6.07) is 27.3. The van der Waals surface area contributed by atoms with Crippen molar-refractivity contribution in [2.24, 2.45) is 5.41 Å². The van der Waals surface area contributed by atoms with Gasteiger partial charge in [-0.2, -0.15) is 0 Å². The molecule has 0 saturated carbocycles. The average molecular weight is 463 g/mol. The number of hydrogen-bond donors (Lipinski definition) is 0. The molecule has 182 valence electrons. The van der Waals surface area contributed by atoms with E-state index in [0.29, 0.717) is 0 Å². The van der Waals surface area contributed by atoms with Gasteiger partial charge >= 0.3 is 0 Å². The summed E-state index contributed by atoms with van der Waals surface area (Å²) in [5, 5.41) is 0. The fourth-order valence-corrected chi connectivity index (χ4v) is 5.30. The summed E-state index contributed by atoms with van der Waals surface area (Å²) in [7, 11) is 0. The zero-order chi connectivity index (χ0) is 25.2. The molecule has 0 heterocycles. The van der Waals surface area contributed by atoms with Crippen LogP contribution < -0.4 is 0 Å². The topological polar surface area (TPSA) is 0 Å². The molecule has 0 aromatic heterocycles. The minimum absolute atomic E-state index is 0.155. The van der Waals surface area contributed by atoms with Crippen LogP contribution in [0.15, 0.2) is 84.4 Å². The van der Waals surface area contributed by atoms with Gasteiger partial charge in [0.2, 0.25) is 0 Å². The van der Waals surface area contributed by atoms with E-state index in [1.54, 1.807) is 5.57 Å². The summed E-state index contributed by atoms with van der Waals surface area (Å²) in [4.78, 5) is 0. The molecule has 4 rings (SSSR count). The Morgan fingerprint density at radius 3 is 1.77 bits per heavy atom. The van der Waals surface area contributed by atoms with Gasteiger partial charge in [0.15, 0.2) is 0 Å². The Morgan fingerprint density at radius 2 is 1.20 bits per heavy atom. The maximum absolute atomic E-state index is 2.49. The molecule has 0 saturated heterocycles. The second kappa shape index (κ2) is 10.0. The maximum atomic E-state index is 2.49. The maximum Gasteiger partial charge on any atom is -0.0132 e. The zero-order valence-electron chi connectivity index (χ0n) is 22.8. The molecule has 0 N–H and O–H groups in total. The van der Waals surface area contributed by atoms with E-state index < -0.39 is 0 Å². The van der Waals surface area contributed by atoms with Crippen molar-refractivity contribution in [3.63, 3.8) is 0 Å². The zero-order valence-corrected chi connectivity index (χ0v) is 22.8. The Bertz CT molecular complexity index is 1220. The molecule has 1 aliphatic rings. The first-order valence-electron chi connectivity index (χ1n) is 13.3. The lowest BCUT2D eigenvalue weighted by Crippen LogP contribution is -2.14. The highest BCUT2D eigenvalue weighted by Crippen LogP contribution is 2.43. The molecule has 0 bridgehead atoms. The van der Waals surface area contributed by atoms with Crippen molar-refractivity contribution < 1.29 is 0 Å². The van der Waals surface area contributed by atoms with Gasteiger partial charge in [-0.25, -0.2) is 0 Å². The summed E-state index contributed by atoms with van der Waals surface area (Å²) in [6.45, 7) is 16.1. The molecule has 0 spiro atoms. The third-order valence-corrected chi connectivity index (χ3v) is 7.36. The molecular weight excluding hydrogens is 420 g/mol. The van der Waals surface area contributed by atoms with Gasteiger partial charge in [-0.05, 0) is 74.6 Å². The van der Waals surface area contributed by atoms with Crippen LogP contribution in [0.4, 0.5) is 0 Å². The third-order valence-electron chi connectivity index (χ3n) is 7.36. The molecule has 0 unspecified atom stereocenters. The SMILES string of the molecule is CCCc1ccccc1C1=CC(c2ccc(-c3ccc(C(C)(C)C)cc3)cc2)=C(C(C)(C)C)CC1. The number of rotatable bonds is 5. The van der Waals surface area contributed by atoms with Gasteiger partial charge in [0.05, 0.1) is 0 Å². The first-order chi connectivity index (χ1) is 16.6. The largest absolute Gasteiger partial charge is 0.0651 e. The molecule has 3 aromatic carbocycles. The normalized spacial score (nSPS) is 14.8. The summed E-state index contributed by atoms with van der Waals surface area (Å²) in [5.74, 6) is 0. The van der Waals surface area contributed by atoms with E-state index in [1.807, 2.05) is 0 Å². The van der Waals surface area contributed by atoms with Crippen molar-refractivity contribution in [3.8, 4) is 11.1 Å². The van der Waals surface area contributed by atoms with Crippen LogP contribution >= 0.6 is 0 Å². The second-order valence-corrected chi connectivity index (χ2v) is 12.1. The fraction of sp³-hybridized carbons (Fsp3) is 0.371. The quantitative estimate of drug-likeness (QED) is 0.354. The van der Waals surface area contributed by atoms with Gasteiger partial charge in [-0.15, -0.1) is 0 Å². The highest BCUT2D eigenvalue weighted by molar-refractivity contribution is 5.89. The second-order valence-electron chi connectivity index (χ2n) is 12.1. The van der Waals surface area contributed by atoms with Gasteiger partial charge < -0.3 is 0 Å². The minimum Gasteiger partial charge on any atom is -0.0651 e. The van der Waals surface area contributed by atoms with E-state index in [0.717, 1.165) is 19.3 Å². The molecular formula is C35H42. The highest BCUT2D eigenvalue weighted by Gasteiger charge is 2.25. The van der Waals surface area contributed by atoms with E-state index in [9.17, 15) is 0 Å². The number of aryl methyl sites for hydroxylation is 1. The van der Waals surface area contributed by atoms with Crippen LogP contribution in [0.25, 0.3) is 22.3 Å². The average Bonchev–Trinajstić information content (AvgIpc) is 2.83. The summed E-state index contributed by atoms with van der Waals surface area (Å²) in [5.41, 5.74) is 13.0. The van der Waals surface area contributed by atoms with Crippen molar-refractivity contribution >= 4 is 11.1 Å². The van der Waals surface area contributed by atoms with Gasteiger partial charge in [0.1, 0.15) is 0 Å². The van der Waals surface area contributed by atoms with Crippen LogP contribution in [0.5, 0.6) is 0 Å². The molecule has 0 amide bonds. The Kier molecular flexibility index (Phi) is 7.22. The van der Waals surface area contributed by atoms with Crippen LogP contribution in [0, 0.1) is 5.41 Å². The van der Waals surface area contributed by atoms with E-state index in [4.69, 9.17) is 0 Å². The van der Waals surface area contributed by atoms with Crippen LogP contribution in [0.2, 0.25) is 0 Å². The Hall–Kier alpha value is -2.86. The van der Waals surface area contributed by atoms with E-state index in [1.165, 1.54) is 50.9 Å². The van der Waals surface area contributed by atoms with Crippen LogP contribution in [0.3, 0.4) is 0 Å². The lowest BCUT2D eigenvalue weighted by atomic mass is 9.74. The van der Waals surface area contributed by atoms with Crippen molar-refractivity contribution in [3.05, 3.63) is 107 Å². The van der Waals surface area contributed by atoms with Crippen LogP contribution in [0.1, 0.15) is 90.0 Å². The Labute approximate surface area is 213 Å². The highest BCUT2D eigenvalue weighted by atomic mass is 14.3. The molecule has 3 aromatic rings. The standard InChI is InChI=1S/C35H42/c1-8-11-27-12-9-10-13-31(27)29-20-23-33(35(5,6)7)32(24-29)28-16-14-25(15-17-28)26-18-21-30(22-19-26)34(2,3)4/h9-10,12-19,21-22,24H,8,11,20,23H2,1-7H3. The molecule has 0 radical (unpaired) electrons. The predicted molar refractivity (Wildman–Crippen MR) is 155 cm³/mol. The summed E-state index contributed by atoms with van der Waals surface area (Å²) >= 11 is 0. The van der Waals surface area contributed by atoms with E-state index in [2.05, 4.69) is 127 Å². The molecule has 0 atom stereocenters. The first-order valence-corrected chi connectivity index (χ1v) is 13.3. The Balaban J connectivity index is 1.72. The van der Waals surface area contributed by atoms with Gasteiger partial charge in [-0.3, -0.25) is 0 Å². The van der Waals surface area contributed by atoms with Crippen molar-refractivity contribution in [1.82, 2.24) is 0 Å². The number of benzene rings is 3. The lowest BCUT2D eigenvalue weighted by Gasteiger charge is -2.31. The third kappa shape index (κ3) is 5.69. The molecule has 0 fully saturated rings. The van der Waals surface area contributed by atoms with Gasteiger partial charge in [0, 0.05) is 0 Å². The van der Waals surface area contributed by atoms with Crippen LogP contribution in [-0.4, -0.2) is 0 Å². The Morgan fingerprint density at radius 1 is 0.629 bits per heavy atom. The lowest BCUT2D eigenvalue weighted by molar-refractivity contribution is 0.485. The summed E-state index contributed by atoms with van der Waals surface area (Å²) < 4.78 is 0. The van der Waals surface area contributed by atoms with Gasteiger partial charge in [0.25, 0.3) is 0 Å². The van der Waals surface area contributed by atoms with Crippen molar-refractivity contribution in [2.75, 3.05) is 0 Å². The molecule has 1 aliphatic carbocycles. The molecule has 0 nitrogen and oxygen atoms in total. The molecule has 0 aliphatic heterocycles.